The Morgan fingerprint density at radius 1 is 1.50 bits per heavy atom. The van der Waals surface area contributed by atoms with Crippen LogP contribution in [0.3, 0.4) is 0 Å². The number of fused-ring (bicyclic) bond motifs is 1. The van der Waals surface area contributed by atoms with Gasteiger partial charge in [-0.3, -0.25) is 4.98 Å². The van der Waals surface area contributed by atoms with Crippen molar-refractivity contribution in [3.05, 3.63) is 34.3 Å². The number of benzene rings is 1. The van der Waals surface area contributed by atoms with Crippen LogP contribution in [-0.2, 0) is 6.42 Å². The molecule has 74 valence electrons. The summed E-state index contributed by atoms with van der Waals surface area (Å²) in [5.41, 5.74) is 2.57. The van der Waals surface area contributed by atoms with E-state index in [0.29, 0.717) is 5.58 Å². The van der Waals surface area contributed by atoms with E-state index in [9.17, 15) is 4.79 Å². The third kappa shape index (κ3) is 1.70. The highest BCUT2D eigenvalue weighted by atomic mass is 16.4. The van der Waals surface area contributed by atoms with Crippen molar-refractivity contribution in [2.24, 2.45) is 0 Å². The number of hydrogen-bond donors (Lipinski definition) is 2. The summed E-state index contributed by atoms with van der Waals surface area (Å²) in [5, 5.41) is 3.07. The molecule has 4 nitrogen and oxygen atoms in total. The summed E-state index contributed by atoms with van der Waals surface area (Å²) in [5.74, 6) is -0.397. The van der Waals surface area contributed by atoms with E-state index < -0.39 is 5.76 Å². The summed E-state index contributed by atoms with van der Waals surface area (Å²) in [6.45, 7) is 0.924. The number of aromatic nitrogens is 1. The average Bonchev–Trinajstić information content (AvgIpc) is 2.54. The van der Waals surface area contributed by atoms with Crippen LogP contribution in [0.15, 0.2) is 27.4 Å². The molecule has 0 saturated carbocycles. The van der Waals surface area contributed by atoms with Crippen LogP contribution in [0.2, 0.25) is 0 Å². The van der Waals surface area contributed by atoms with Crippen LogP contribution in [-0.4, -0.2) is 18.6 Å². The first-order valence-electron chi connectivity index (χ1n) is 4.56. The number of aromatic amines is 1. The van der Waals surface area contributed by atoms with Gasteiger partial charge in [-0.1, -0.05) is 6.07 Å². The van der Waals surface area contributed by atoms with Gasteiger partial charge in [-0.05, 0) is 37.7 Å². The lowest BCUT2D eigenvalue weighted by Crippen LogP contribution is -2.10. The van der Waals surface area contributed by atoms with Crippen LogP contribution in [0.1, 0.15) is 5.56 Å². The molecule has 0 amide bonds. The molecular weight excluding hydrogens is 180 g/mol. The van der Waals surface area contributed by atoms with E-state index >= 15 is 0 Å². The van der Waals surface area contributed by atoms with E-state index in [4.69, 9.17) is 4.42 Å². The largest absolute Gasteiger partial charge is 0.417 e. The average molecular weight is 192 g/mol. The summed E-state index contributed by atoms with van der Waals surface area (Å²) in [4.78, 5) is 13.5. The van der Waals surface area contributed by atoms with Crippen LogP contribution in [0.5, 0.6) is 0 Å². The van der Waals surface area contributed by atoms with Crippen LogP contribution >= 0.6 is 0 Å². The van der Waals surface area contributed by atoms with Gasteiger partial charge >= 0.3 is 5.76 Å². The van der Waals surface area contributed by atoms with Gasteiger partial charge in [-0.2, -0.15) is 0 Å². The second kappa shape index (κ2) is 3.67. The van der Waals surface area contributed by atoms with Gasteiger partial charge in [0.2, 0.25) is 0 Å². The summed E-state index contributed by atoms with van der Waals surface area (Å²) in [6, 6.07) is 5.73. The molecule has 0 radical (unpaired) electrons. The Morgan fingerprint density at radius 2 is 2.36 bits per heavy atom. The first-order chi connectivity index (χ1) is 6.79. The predicted molar refractivity (Wildman–Crippen MR) is 54.5 cm³/mol. The molecular formula is C10H12N2O2. The minimum Gasteiger partial charge on any atom is -0.408 e. The van der Waals surface area contributed by atoms with Gasteiger partial charge in [-0.25, -0.2) is 4.79 Å². The van der Waals surface area contributed by atoms with Gasteiger partial charge in [0.25, 0.3) is 0 Å². The number of oxazole rings is 1. The van der Waals surface area contributed by atoms with Crippen molar-refractivity contribution in [3.8, 4) is 0 Å². The quantitative estimate of drug-likeness (QED) is 0.759. The first kappa shape index (κ1) is 9.02. The summed E-state index contributed by atoms with van der Waals surface area (Å²) in [7, 11) is 1.91. The molecule has 1 heterocycles. The number of hydrogen-bond acceptors (Lipinski definition) is 3. The van der Waals surface area contributed by atoms with Crippen molar-refractivity contribution in [2.45, 2.75) is 6.42 Å². The molecule has 2 rings (SSSR count). The SMILES string of the molecule is CNCCc1ccc2oc(=O)[nH]c2c1. The molecule has 14 heavy (non-hydrogen) atoms. The molecule has 4 heteroatoms. The van der Waals surface area contributed by atoms with Gasteiger partial charge in [0.15, 0.2) is 5.58 Å². The molecule has 0 aliphatic carbocycles. The minimum absolute atomic E-state index is 0.397. The number of rotatable bonds is 3. The smallest absolute Gasteiger partial charge is 0.408 e. The van der Waals surface area contributed by atoms with Crippen molar-refractivity contribution >= 4 is 11.1 Å². The number of H-pyrrole nitrogens is 1. The second-order valence-electron chi connectivity index (χ2n) is 3.20. The van der Waals surface area contributed by atoms with E-state index in [-0.39, 0.29) is 0 Å². The zero-order chi connectivity index (χ0) is 9.97. The van der Waals surface area contributed by atoms with Crippen molar-refractivity contribution in [3.63, 3.8) is 0 Å². The van der Waals surface area contributed by atoms with E-state index in [2.05, 4.69) is 10.3 Å². The molecule has 2 N–H and O–H groups in total. The fourth-order valence-electron chi connectivity index (χ4n) is 1.42. The van der Waals surface area contributed by atoms with Gasteiger partial charge in [0.1, 0.15) is 0 Å². The molecule has 0 saturated heterocycles. The maximum Gasteiger partial charge on any atom is 0.417 e. The highest BCUT2D eigenvalue weighted by Gasteiger charge is 2.01. The monoisotopic (exact) mass is 192 g/mol. The lowest BCUT2D eigenvalue weighted by Gasteiger charge is -1.99. The Hall–Kier alpha value is -1.55. The van der Waals surface area contributed by atoms with E-state index in [0.717, 1.165) is 18.5 Å². The minimum atomic E-state index is -0.397. The van der Waals surface area contributed by atoms with Crippen molar-refractivity contribution in [1.82, 2.24) is 10.3 Å². The zero-order valence-corrected chi connectivity index (χ0v) is 7.96. The van der Waals surface area contributed by atoms with E-state index in [1.165, 1.54) is 5.56 Å². The third-order valence-electron chi connectivity index (χ3n) is 2.15. The van der Waals surface area contributed by atoms with Gasteiger partial charge in [-0.15, -0.1) is 0 Å². The van der Waals surface area contributed by atoms with Crippen LogP contribution in [0, 0.1) is 0 Å². The topological polar surface area (TPSA) is 58.0 Å². The van der Waals surface area contributed by atoms with Crippen LogP contribution < -0.4 is 11.1 Å². The lowest BCUT2D eigenvalue weighted by atomic mass is 10.1. The molecule has 1 aromatic heterocycles. The standard InChI is InChI=1S/C10H12N2O2/c1-11-5-4-7-2-3-9-8(6-7)12-10(13)14-9/h2-3,6,11H,4-5H2,1H3,(H,12,13). The van der Waals surface area contributed by atoms with E-state index in [1.807, 2.05) is 25.2 Å². The predicted octanol–water partition coefficient (Wildman–Crippen LogP) is 0.883. The summed E-state index contributed by atoms with van der Waals surface area (Å²) < 4.78 is 4.90. The molecule has 1 aromatic carbocycles. The molecule has 0 unspecified atom stereocenters. The zero-order valence-electron chi connectivity index (χ0n) is 7.96. The van der Waals surface area contributed by atoms with Crippen molar-refractivity contribution in [1.29, 1.82) is 0 Å². The van der Waals surface area contributed by atoms with Crippen molar-refractivity contribution in [2.75, 3.05) is 13.6 Å². The first-order valence-corrected chi connectivity index (χ1v) is 4.56. The van der Waals surface area contributed by atoms with Gasteiger partial charge in [0.05, 0.1) is 5.52 Å². The lowest BCUT2D eigenvalue weighted by molar-refractivity contribution is 0.555. The molecule has 0 atom stereocenters. The summed E-state index contributed by atoms with van der Waals surface area (Å²) >= 11 is 0. The molecule has 0 aliphatic heterocycles. The maximum atomic E-state index is 10.9. The van der Waals surface area contributed by atoms with E-state index in [1.54, 1.807) is 0 Å². The Kier molecular flexibility index (Phi) is 2.37. The Morgan fingerprint density at radius 3 is 3.14 bits per heavy atom. The molecule has 0 bridgehead atoms. The molecule has 0 aliphatic rings. The molecule has 0 fully saturated rings. The fraction of sp³-hybridized carbons (Fsp3) is 0.300. The molecule has 0 spiro atoms. The van der Waals surface area contributed by atoms with Crippen molar-refractivity contribution < 1.29 is 4.42 Å². The number of nitrogens with one attached hydrogen (secondary N) is 2. The van der Waals surface area contributed by atoms with Gasteiger partial charge < -0.3 is 9.73 Å². The fourth-order valence-corrected chi connectivity index (χ4v) is 1.42. The normalized spacial score (nSPS) is 10.9. The number of likely N-dealkylation sites (N-methyl/N-ethyl adjacent to an activating group) is 1. The van der Waals surface area contributed by atoms with Crippen LogP contribution in [0.4, 0.5) is 0 Å². The third-order valence-corrected chi connectivity index (χ3v) is 2.15. The Bertz CT molecular complexity index is 484. The highest BCUT2D eigenvalue weighted by molar-refractivity contribution is 5.72. The van der Waals surface area contributed by atoms with Gasteiger partial charge in [0, 0.05) is 0 Å². The van der Waals surface area contributed by atoms with Crippen LogP contribution in [0.25, 0.3) is 11.1 Å². The maximum absolute atomic E-state index is 10.9. The molecule has 2 aromatic rings. The second-order valence-corrected chi connectivity index (χ2v) is 3.20. The highest BCUT2D eigenvalue weighted by Crippen LogP contribution is 2.12. The Balaban J connectivity index is 2.35. The summed E-state index contributed by atoms with van der Waals surface area (Å²) in [6.07, 6.45) is 0.944. The Labute approximate surface area is 80.9 Å².